The van der Waals surface area contributed by atoms with E-state index in [2.05, 4.69) is 12.2 Å². The lowest BCUT2D eigenvalue weighted by atomic mass is 10.2. The number of hydrogen-bond acceptors (Lipinski definition) is 3. The summed E-state index contributed by atoms with van der Waals surface area (Å²) in [7, 11) is 1.66. The zero-order chi connectivity index (χ0) is 12.0. The molecule has 0 aliphatic heterocycles. The second-order valence-electron chi connectivity index (χ2n) is 3.75. The molecule has 0 amide bonds. The number of hydrogen-bond donors (Lipinski definition) is 2. The summed E-state index contributed by atoms with van der Waals surface area (Å²) in [5, 5.41) is 3.28. The van der Waals surface area contributed by atoms with E-state index in [0.717, 1.165) is 35.7 Å². The van der Waals surface area contributed by atoms with Gasteiger partial charge in [-0.2, -0.15) is 0 Å². The third-order valence-electron chi connectivity index (χ3n) is 2.42. The van der Waals surface area contributed by atoms with Gasteiger partial charge in [0.1, 0.15) is 5.75 Å². The normalized spacial score (nSPS) is 11.9. The number of nitrogens with two attached hydrogens (primary N) is 1. The van der Waals surface area contributed by atoms with E-state index in [1.54, 1.807) is 7.11 Å². The number of methoxy groups -OCH3 is 1. The van der Waals surface area contributed by atoms with Gasteiger partial charge in [-0.25, -0.2) is 0 Å². The first-order valence-electron chi connectivity index (χ1n) is 5.53. The molecule has 0 bridgehead atoms. The Morgan fingerprint density at radius 1 is 1.31 bits per heavy atom. The Labute approximate surface area is 97.3 Å². The summed E-state index contributed by atoms with van der Waals surface area (Å²) in [5.74, 6) is 0.855. The lowest BCUT2D eigenvalue weighted by molar-refractivity contribution is 0.415. The molecule has 1 rings (SSSR count). The predicted octanol–water partition coefficient (Wildman–Crippen LogP) is 3.10. The van der Waals surface area contributed by atoms with Crippen LogP contribution in [-0.2, 0) is 0 Å². The second kappa shape index (κ2) is 6.05. The SMILES string of the molecule is CCC/C(N)=C(\C)Nc1ccc(OC)cc1. The molecule has 0 fully saturated rings. The van der Waals surface area contributed by atoms with Crippen molar-refractivity contribution in [3.05, 3.63) is 35.7 Å². The molecule has 0 spiro atoms. The zero-order valence-electron chi connectivity index (χ0n) is 10.2. The smallest absolute Gasteiger partial charge is 0.119 e. The highest BCUT2D eigenvalue weighted by Crippen LogP contribution is 2.17. The number of anilines is 1. The van der Waals surface area contributed by atoms with E-state index >= 15 is 0 Å². The Hall–Kier alpha value is -1.64. The molecule has 0 saturated carbocycles. The second-order valence-corrected chi connectivity index (χ2v) is 3.75. The molecular formula is C13H20N2O. The van der Waals surface area contributed by atoms with Crippen LogP contribution in [0.15, 0.2) is 35.7 Å². The highest BCUT2D eigenvalue weighted by atomic mass is 16.5. The lowest BCUT2D eigenvalue weighted by Crippen LogP contribution is -2.07. The van der Waals surface area contributed by atoms with Crippen molar-refractivity contribution in [1.29, 1.82) is 0 Å². The minimum absolute atomic E-state index is 0.855. The molecule has 3 heteroatoms. The van der Waals surface area contributed by atoms with Crippen molar-refractivity contribution in [3.8, 4) is 5.75 Å². The van der Waals surface area contributed by atoms with Gasteiger partial charge in [0.15, 0.2) is 0 Å². The van der Waals surface area contributed by atoms with Gasteiger partial charge in [0, 0.05) is 17.1 Å². The maximum atomic E-state index is 5.92. The number of ether oxygens (including phenoxy) is 1. The average Bonchev–Trinajstić information content (AvgIpc) is 2.30. The van der Waals surface area contributed by atoms with Crippen molar-refractivity contribution in [2.24, 2.45) is 5.73 Å². The molecule has 0 saturated heterocycles. The molecule has 0 unspecified atom stereocenters. The molecule has 16 heavy (non-hydrogen) atoms. The Morgan fingerprint density at radius 2 is 1.94 bits per heavy atom. The van der Waals surface area contributed by atoms with E-state index in [0.29, 0.717) is 0 Å². The molecule has 1 aromatic carbocycles. The number of benzene rings is 1. The minimum atomic E-state index is 0.855. The van der Waals surface area contributed by atoms with Crippen LogP contribution in [0.3, 0.4) is 0 Å². The molecule has 88 valence electrons. The van der Waals surface area contributed by atoms with Gasteiger partial charge in [-0.15, -0.1) is 0 Å². The molecule has 0 radical (unpaired) electrons. The third kappa shape index (κ3) is 3.50. The maximum Gasteiger partial charge on any atom is 0.119 e. The summed E-state index contributed by atoms with van der Waals surface area (Å²) in [6.07, 6.45) is 1.99. The first-order valence-corrected chi connectivity index (χ1v) is 5.53. The van der Waals surface area contributed by atoms with E-state index in [1.807, 2.05) is 31.2 Å². The van der Waals surface area contributed by atoms with Gasteiger partial charge in [0.25, 0.3) is 0 Å². The molecule has 0 aliphatic rings. The first-order chi connectivity index (χ1) is 7.67. The van der Waals surface area contributed by atoms with Gasteiger partial charge < -0.3 is 15.8 Å². The molecule has 3 nitrogen and oxygen atoms in total. The molecule has 3 N–H and O–H groups in total. The van der Waals surface area contributed by atoms with Gasteiger partial charge in [0.05, 0.1) is 7.11 Å². The number of nitrogens with one attached hydrogen (secondary N) is 1. The third-order valence-corrected chi connectivity index (χ3v) is 2.42. The summed E-state index contributed by atoms with van der Waals surface area (Å²) in [4.78, 5) is 0. The summed E-state index contributed by atoms with van der Waals surface area (Å²) in [5.41, 5.74) is 8.88. The standard InChI is InChI=1S/C13H20N2O/c1-4-5-13(14)10(2)15-11-6-8-12(16-3)9-7-11/h6-9,15H,4-5,14H2,1-3H3/b13-10-. The van der Waals surface area contributed by atoms with Crippen LogP contribution >= 0.6 is 0 Å². The van der Waals surface area contributed by atoms with Crippen LogP contribution < -0.4 is 15.8 Å². The highest BCUT2D eigenvalue weighted by Gasteiger charge is 1.98. The van der Waals surface area contributed by atoms with Gasteiger partial charge in [-0.3, -0.25) is 0 Å². The maximum absolute atomic E-state index is 5.92. The van der Waals surface area contributed by atoms with E-state index in [1.165, 1.54) is 0 Å². The van der Waals surface area contributed by atoms with Crippen LogP contribution in [0.1, 0.15) is 26.7 Å². The fourth-order valence-electron chi connectivity index (χ4n) is 1.43. The molecular weight excluding hydrogens is 200 g/mol. The predicted molar refractivity (Wildman–Crippen MR) is 68.4 cm³/mol. The van der Waals surface area contributed by atoms with Crippen LogP contribution in [0.5, 0.6) is 5.75 Å². The zero-order valence-corrected chi connectivity index (χ0v) is 10.2. The molecule has 0 atom stereocenters. The minimum Gasteiger partial charge on any atom is -0.497 e. The average molecular weight is 220 g/mol. The van der Waals surface area contributed by atoms with Crippen molar-refractivity contribution in [1.82, 2.24) is 0 Å². The van der Waals surface area contributed by atoms with Crippen LogP contribution in [0.4, 0.5) is 5.69 Å². The Kier molecular flexibility index (Phi) is 4.70. The summed E-state index contributed by atoms with van der Waals surface area (Å²) >= 11 is 0. The largest absolute Gasteiger partial charge is 0.497 e. The van der Waals surface area contributed by atoms with Crippen LogP contribution in [0.25, 0.3) is 0 Å². The van der Waals surface area contributed by atoms with Gasteiger partial charge in [-0.1, -0.05) is 13.3 Å². The quantitative estimate of drug-likeness (QED) is 0.801. The van der Waals surface area contributed by atoms with Crippen LogP contribution in [0.2, 0.25) is 0 Å². The van der Waals surface area contributed by atoms with Crippen LogP contribution in [0, 0.1) is 0 Å². The molecule has 0 aliphatic carbocycles. The van der Waals surface area contributed by atoms with Gasteiger partial charge >= 0.3 is 0 Å². The number of allylic oxidation sites excluding steroid dienone is 2. The number of rotatable bonds is 5. The van der Waals surface area contributed by atoms with E-state index in [9.17, 15) is 0 Å². The topological polar surface area (TPSA) is 47.3 Å². The Balaban J connectivity index is 2.69. The summed E-state index contributed by atoms with van der Waals surface area (Å²) in [6.45, 7) is 4.11. The van der Waals surface area contributed by atoms with Crippen molar-refractivity contribution >= 4 is 5.69 Å². The Bertz CT molecular complexity index is 355. The van der Waals surface area contributed by atoms with Crippen molar-refractivity contribution in [2.75, 3.05) is 12.4 Å². The monoisotopic (exact) mass is 220 g/mol. The lowest BCUT2D eigenvalue weighted by Gasteiger charge is -2.10. The van der Waals surface area contributed by atoms with Gasteiger partial charge in [-0.05, 0) is 37.6 Å². The fraction of sp³-hybridized carbons (Fsp3) is 0.385. The van der Waals surface area contributed by atoms with Crippen molar-refractivity contribution < 1.29 is 4.74 Å². The van der Waals surface area contributed by atoms with Crippen LogP contribution in [-0.4, -0.2) is 7.11 Å². The van der Waals surface area contributed by atoms with Gasteiger partial charge in [0.2, 0.25) is 0 Å². The fourth-order valence-corrected chi connectivity index (χ4v) is 1.43. The Morgan fingerprint density at radius 3 is 2.44 bits per heavy atom. The van der Waals surface area contributed by atoms with Crippen molar-refractivity contribution in [2.45, 2.75) is 26.7 Å². The molecule has 0 heterocycles. The molecule has 1 aromatic rings. The first kappa shape index (κ1) is 12.4. The van der Waals surface area contributed by atoms with E-state index in [4.69, 9.17) is 10.5 Å². The van der Waals surface area contributed by atoms with E-state index in [-0.39, 0.29) is 0 Å². The van der Waals surface area contributed by atoms with E-state index < -0.39 is 0 Å². The highest BCUT2D eigenvalue weighted by molar-refractivity contribution is 5.50. The van der Waals surface area contributed by atoms with Crippen molar-refractivity contribution in [3.63, 3.8) is 0 Å². The molecule has 0 aromatic heterocycles. The summed E-state index contributed by atoms with van der Waals surface area (Å²) in [6, 6.07) is 7.79. The summed E-state index contributed by atoms with van der Waals surface area (Å²) < 4.78 is 5.10.